The van der Waals surface area contributed by atoms with Crippen molar-refractivity contribution in [3.63, 3.8) is 0 Å². The predicted octanol–water partition coefficient (Wildman–Crippen LogP) is 4.23. The molecule has 5 heteroatoms. The monoisotopic (exact) mass is 261 g/mol. The SMILES string of the molecule is COc1ccccc1NC(C)CCCC(F)(F)F. The van der Waals surface area contributed by atoms with Gasteiger partial charge in [-0.15, -0.1) is 0 Å². The quantitative estimate of drug-likeness (QED) is 0.827. The number of hydrogen-bond donors (Lipinski definition) is 1. The summed E-state index contributed by atoms with van der Waals surface area (Å²) < 4.78 is 41.2. The number of hydrogen-bond acceptors (Lipinski definition) is 2. The fourth-order valence-corrected chi connectivity index (χ4v) is 1.71. The van der Waals surface area contributed by atoms with Crippen LogP contribution < -0.4 is 10.1 Å². The second kappa shape index (κ2) is 6.52. The summed E-state index contributed by atoms with van der Waals surface area (Å²) in [7, 11) is 1.56. The van der Waals surface area contributed by atoms with Crippen molar-refractivity contribution in [1.29, 1.82) is 0 Å². The van der Waals surface area contributed by atoms with Crippen molar-refractivity contribution >= 4 is 5.69 Å². The van der Waals surface area contributed by atoms with Gasteiger partial charge in [-0.25, -0.2) is 0 Å². The molecular weight excluding hydrogens is 243 g/mol. The average Bonchev–Trinajstić information content (AvgIpc) is 2.28. The summed E-state index contributed by atoms with van der Waals surface area (Å²) in [5.74, 6) is 0.695. The minimum absolute atomic E-state index is 0.0244. The first-order valence-electron chi connectivity index (χ1n) is 5.88. The fraction of sp³-hybridized carbons (Fsp3) is 0.538. The molecule has 0 aliphatic heterocycles. The Labute approximate surface area is 105 Å². The minimum atomic E-state index is -4.07. The van der Waals surface area contributed by atoms with Crippen molar-refractivity contribution in [2.45, 2.75) is 38.4 Å². The van der Waals surface area contributed by atoms with Gasteiger partial charge in [0.15, 0.2) is 0 Å². The molecule has 2 nitrogen and oxygen atoms in total. The number of methoxy groups -OCH3 is 1. The van der Waals surface area contributed by atoms with Gasteiger partial charge in [0.25, 0.3) is 0 Å². The van der Waals surface area contributed by atoms with E-state index in [0.717, 1.165) is 5.69 Å². The summed E-state index contributed by atoms with van der Waals surface area (Å²) in [5, 5.41) is 3.16. The molecule has 0 aromatic heterocycles. The Morgan fingerprint density at radius 3 is 2.56 bits per heavy atom. The second-order valence-corrected chi connectivity index (χ2v) is 4.25. The molecule has 1 aromatic carbocycles. The van der Waals surface area contributed by atoms with Crippen molar-refractivity contribution in [3.8, 4) is 5.75 Å². The first-order valence-corrected chi connectivity index (χ1v) is 5.88. The van der Waals surface area contributed by atoms with Gasteiger partial charge < -0.3 is 10.1 Å². The van der Waals surface area contributed by atoms with E-state index in [1.165, 1.54) is 0 Å². The summed E-state index contributed by atoms with van der Waals surface area (Å²) in [6.07, 6.45) is -4.19. The van der Waals surface area contributed by atoms with Gasteiger partial charge >= 0.3 is 6.18 Å². The number of anilines is 1. The van der Waals surface area contributed by atoms with E-state index >= 15 is 0 Å². The lowest BCUT2D eigenvalue weighted by molar-refractivity contribution is -0.135. The Balaban J connectivity index is 2.42. The van der Waals surface area contributed by atoms with Crippen molar-refractivity contribution in [1.82, 2.24) is 0 Å². The number of benzene rings is 1. The molecule has 0 saturated carbocycles. The summed E-state index contributed by atoms with van der Waals surface area (Å²) in [5.41, 5.74) is 0.805. The maximum Gasteiger partial charge on any atom is 0.389 e. The highest BCUT2D eigenvalue weighted by Gasteiger charge is 2.26. The van der Waals surface area contributed by atoms with Gasteiger partial charge in [0.1, 0.15) is 5.75 Å². The molecule has 0 fully saturated rings. The molecule has 0 bridgehead atoms. The van der Waals surface area contributed by atoms with Gasteiger partial charge in [-0.3, -0.25) is 0 Å². The van der Waals surface area contributed by atoms with Crippen molar-refractivity contribution < 1.29 is 17.9 Å². The predicted molar refractivity (Wildman–Crippen MR) is 66.0 cm³/mol. The number of rotatable bonds is 6. The summed E-state index contributed by atoms with van der Waals surface area (Å²) >= 11 is 0. The van der Waals surface area contributed by atoms with Crippen LogP contribution in [-0.4, -0.2) is 19.3 Å². The van der Waals surface area contributed by atoms with Gasteiger partial charge in [0.2, 0.25) is 0 Å². The van der Waals surface area contributed by atoms with E-state index in [9.17, 15) is 13.2 Å². The lowest BCUT2D eigenvalue weighted by Crippen LogP contribution is -2.17. The summed E-state index contributed by atoms with van der Waals surface area (Å²) in [4.78, 5) is 0. The van der Waals surface area contributed by atoms with Crippen LogP contribution in [0.5, 0.6) is 5.75 Å². The molecule has 0 radical (unpaired) electrons. The smallest absolute Gasteiger partial charge is 0.389 e. The standard InChI is InChI=1S/C13H18F3NO/c1-10(6-5-9-13(14,15)16)17-11-7-3-4-8-12(11)18-2/h3-4,7-8,10,17H,5-6,9H2,1-2H3. The third-order valence-electron chi connectivity index (χ3n) is 2.61. The topological polar surface area (TPSA) is 21.3 Å². The van der Waals surface area contributed by atoms with Gasteiger partial charge in [-0.05, 0) is 31.9 Å². The summed E-state index contributed by atoms with van der Waals surface area (Å²) in [6, 6.07) is 7.33. The van der Waals surface area contributed by atoms with Crippen LogP contribution in [0.4, 0.5) is 18.9 Å². The van der Waals surface area contributed by atoms with E-state index in [1.807, 2.05) is 31.2 Å². The Hall–Kier alpha value is -1.39. The number of ether oxygens (including phenoxy) is 1. The zero-order valence-electron chi connectivity index (χ0n) is 10.6. The van der Waals surface area contributed by atoms with Crippen LogP contribution in [0.2, 0.25) is 0 Å². The van der Waals surface area contributed by atoms with Crippen molar-refractivity contribution in [3.05, 3.63) is 24.3 Å². The Morgan fingerprint density at radius 1 is 1.28 bits per heavy atom. The van der Waals surface area contributed by atoms with E-state index in [0.29, 0.717) is 12.2 Å². The zero-order valence-corrected chi connectivity index (χ0v) is 10.6. The molecular formula is C13H18F3NO. The Morgan fingerprint density at radius 2 is 1.94 bits per heavy atom. The molecule has 0 aliphatic rings. The van der Waals surface area contributed by atoms with Gasteiger partial charge in [0.05, 0.1) is 12.8 Å². The van der Waals surface area contributed by atoms with E-state index in [1.54, 1.807) is 7.11 Å². The van der Waals surface area contributed by atoms with Crippen molar-refractivity contribution in [2.75, 3.05) is 12.4 Å². The molecule has 0 aliphatic carbocycles. The highest BCUT2D eigenvalue weighted by atomic mass is 19.4. The number of alkyl halides is 3. The molecule has 1 unspecified atom stereocenters. The first-order chi connectivity index (χ1) is 8.42. The van der Waals surface area contributed by atoms with Gasteiger partial charge in [-0.2, -0.15) is 13.2 Å². The van der Waals surface area contributed by atoms with Crippen LogP contribution in [0.25, 0.3) is 0 Å². The largest absolute Gasteiger partial charge is 0.495 e. The zero-order chi connectivity index (χ0) is 13.6. The maximum atomic E-state index is 12.0. The van der Waals surface area contributed by atoms with E-state index in [4.69, 9.17) is 4.74 Å². The highest BCUT2D eigenvalue weighted by molar-refractivity contribution is 5.56. The Bertz CT molecular complexity index is 365. The number of halogens is 3. The first kappa shape index (κ1) is 14.7. The normalized spacial score (nSPS) is 13.2. The molecule has 0 amide bonds. The van der Waals surface area contributed by atoms with E-state index in [-0.39, 0.29) is 12.5 Å². The summed E-state index contributed by atoms with van der Waals surface area (Å²) in [6.45, 7) is 1.86. The third-order valence-corrected chi connectivity index (χ3v) is 2.61. The van der Waals surface area contributed by atoms with Crippen LogP contribution in [0, 0.1) is 0 Å². The Kier molecular flexibility index (Phi) is 5.31. The minimum Gasteiger partial charge on any atom is -0.495 e. The molecule has 0 heterocycles. The van der Waals surface area contributed by atoms with Gasteiger partial charge in [-0.1, -0.05) is 12.1 Å². The number of para-hydroxylation sites is 2. The highest BCUT2D eigenvalue weighted by Crippen LogP contribution is 2.26. The lowest BCUT2D eigenvalue weighted by atomic mass is 10.1. The maximum absolute atomic E-state index is 12.0. The fourth-order valence-electron chi connectivity index (χ4n) is 1.71. The van der Waals surface area contributed by atoms with Crippen LogP contribution in [0.1, 0.15) is 26.2 Å². The van der Waals surface area contributed by atoms with Crippen molar-refractivity contribution in [2.24, 2.45) is 0 Å². The van der Waals surface area contributed by atoms with E-state index < -0.39 is 12.6 Å². The molecule has 1 rings (SSSR count). The third kappa shape index (κ3) is 5.29. The van der Waals surface area contributed by atoms with Gasteiger partial charge in [0, 0.05) is 12.5 Å². The molecule has 0 spiro atoms. The van der Waals surface area contributed by atoms with Crippen LogP contribution >= 0.6 is 0 Å². The molecule has 1 aromatic rings. The van der Waals surface area contributed by atoms with Crippen LogP contribution in [-0.2, 0) is 0 Å². The average molecular weight is 261 g/mol. The second-order valence-electron chi connectivity index (χ2n) is 4.25. The molecule has 102 valence electrons. The lowest BCUT2D eigenvalue weighted by Gasteiger charge is -2.17. The molecule has 18 heavy (non-hydrogen) atoms. The van der Waals surface area contributed by atoms with E-state index in [2.05, 4.69) is 5.32 Å². The molecule has 1 atom stereocenters. The number of nitrogens with one attached hydrogen (secondary N) is 1. The van der Waals surface area contributed by atoms with Crippen LogP contribution in [0.15, 0.2) is 24.3 Å². The van der Waals surface area contributed by atoms with Crippen LogP contribution in [0.3, 0.4) is 0 Å². The molecule has 0 saturated heterocycles. The molecule has 1 N–H and O–H groups in total.